The molecule has 1 aromatic carbocycles. The van der Waals surface area contributed by atoms with Crippen LogP contribution in [0.1, 0.15) is 12.0 Å². The first-order chi connectivity index (χ1) is 11.1. The van der Waals surface area contributed by atoms with E-state index in [9.17, 15) is 9.18 Å². The number of amides is 1. The Labute approximate surface area is 136 Å². The highest BCUT2D eigenvalue weighted by Gasteiger charge is 2.34. The van der Waals surface area contributed by atoms with Crippen molar-refractivity contribution in [3.05, 3.63) is 29.6 Å². The molecule has 126 valence electrons. The Morgan fingerprint density at radius 1 is 1.39 bits per heavy atom. The van der Waals surface area contributed by atoms with Gasteiger partial charge in [-0.05, 0) is 12.5 Å². The molecule has 0 N–H and O–H groups in total. The molecular formula is C17H23FN2O3. The highest BCUT2D eigenvalue weighted by atomic mass is 19.1. The molecule has 2 heterocycles. The van der Waals surface area contributed by atoms with Gasteiger partial charge in [0.05, 0.1) is 13.2 Å². The number of likely N-dealkylation sites (N-methyl/N-ethyl adjacent to an activating group) is 1. The van der Waals surface area contributed by atoms with Gasteiger partial charge in [0, 0.05) is 44.7 Å². The molecule has 2 aliphatic rings. The Morgan fingerprint density at radius 3 is 3.00 bits per heavy atom. The molecule has 2 aliphatic heterocycles. The minimum Gasteiger partial charge on any atom is -0.494 e. The number of ether oxygens (including phenoxy) is 2. The smallest absolute Gasteiger partial charge is 0.248 e. The maximum Gasteiger partial charge on any atom is 0.248 e. The number of rotatable bonds is 3. The van der Waals surface area contributed by atoms with Gasteiger partial charge in [-0.3, -0.25) is 9.69 Å². The van der Waals surface area contributed by atoms with Gasteiger partial charge in [-0.2, -0.15) is 0 Å². The van der Waals surface area contributed by atoms with Crippen LogP contribution in [0.2, 0.25) is 0 Å². The fourth-order valence-corrected chi connectivity index (χ4v) is 3.44. The van der Waals surface area contributed by atoms with E-state index >= 15 is 0 Å². The summed E-state index contributed by atoms with van der Waals surface area (Å²) in [6.07, 6.45) is 0.993. The van der Waals surface area contributed by atoms with E-state index in [1.165, 1.54) is 7.11 Å². The summed E-state index contributed by atoms with van der Waals surface area (Å²) in [5.41, 5.74) is 0.641. The van der Waals surface area contributed by atoms with E-state index < -0.39 is 0 Å². The van der Waals surface area contributed by atoms with Crippen molar-refractivity contribution >= 4 is 5.91 Å². The number of likely N-dealkylation sites (tertiary alicyclic amines) is 1. The van der Waals surface area contributed by atoms with Crippen molar-refractivity contribution in [2.45, 2.75) is 19.1 Å². The van der Waals surface area contributed by atoms with Crippen LogP contribution in [0.5, 0.6) is 5.75 Å². The Hall–Kier alpha value is -1.66. The van der Waals surface area contributed by atoms with Gasteiger partial charge in [-0.25, -0.2) is 4.39 Å². The molecule has 1 amide bonds. The molecule has 2 saturated heterocycles. The Kier molecular flexibility index (Phi) is 4.82. The third-order valence-corrected chi connectivity index (χ3v) is 4.76. The molecule has 0 saturated carbocycles. The number of fused-ring (bicyclic) bond motifs is 1. The second-order valence-electron chi connectivity index (χ2n) is 6.34. The molecular weight excluding hydrogens is 299 g/mol. The van der Waals surface area contributed by atoms with Gasteiger partial charge in [0.25, 0.3) is 0 Å². The van der Waals surface area contributed by atoms with Crippen molar-refractivity contribution in [3.8, 4) is 5.75 Å². The molecule has 0 radical (unpaired) electrons. The van der Waals surface area contributed by atoms with Crippen molar-refractivity contribution in [3.63, 3.8) is 0 Å². The zero-order valence-corrected chi connectivity index (χ0v) is 13.6. The average Bonchev–Trinajstić information content (AvgIpc) is 2.68. The number of carbonyl (C=O) groups is 1. The Bertz CT molecular complexity index is 581. The molecule has 2 fully saturated rings. The normalized spacial score (nSPS) is 25.9. The largest absolute Gasteiger partial charge is 0.494 e. The Morgan fingerprint density at radius 2 is 2.22 bits per heavy atom. The maximum absolute atomic E-state index is 14.3. The van der Waals surface area contributed by atoms with Crippen molar-refractivity contribution in [2.24, 2.45) is 5.92 Å². The molecule has 0 spiro atoms. The van der Waals surface area contributed by atoms with Crippen molar-refractivity contribution < 1.29 is 18.7 Å². The van der Waals surface area contributed by atoms with E-state index in [1.807, 2.05) is 13.1 Å². The summed E-state index contributed by atoms with van der Waals surface area (Å²) in [5, 5.41) is 0. The van der Waals surface area contributed by atoms with Gasteiger partial charge < -0.3 is 14.4 Å². The molecule has 3 rings (SSSR count). The molecule has 0 aliphatic carbocycles. The summed E-state index contributed by atoms with van der Waals surface area (Å²) >= 11 is 0. The maximum atomic E-state index is 14.3. The van der Waals surface area contributed by atoms with E-state index in [2.05, 4.69) is 4.90 Å². The van der Waals surface area contributed by atoms with E-state index in [4.69, 9.17) is 9.47 Å². The van der Waals surface area contributed by atoms with Crippen LogP contribution in [0.15, 0.2) is 18.2 Å². The third-order valence-electron chi connectivity index (χ3n) is 4.76. The summed E-state index contributed by atoms with van der Waals surface area (Å²) in [4.78, 5) is 15.7. The quantitative estimate of drug-likeness (QED) is 0.846. The van der Waals surface area contributed by atoms with Crippen LogP contribution in [0, 0.1) is 11.7 Å². The highest BCUT2D eigenvalue weighted by Crippen LogP contribution is 2.27. The number of carbonyl (C=O) groups excluding carboxylic acids is 1. The molecule has 1 aromatic rings. The minimum atomic E-state index is -0.290. The first kappa shape index (κ1) is 16.2. The molecule has 23 heavy (non-hydrogen) atoms. The topological polar surface area (TPSA) is 42.0 Å². The number of benzene rings is 1. The molecule has 2 atom stereocenters. The van der Waals surface area contributed by atoms with Crippen molar-refractivity contribution in [2.75, 3.05) is 40.4 Å². The first-order valence-electron chi connectivity index (χ1n) is 7.97. The third kappa shape index (κ3) is 3.48. The van der Waals surface area contributed by atoms with Crippen molar-refractivity contribution in [1.82, 2.24) is 9.80 Å². The summed E-state index contributed by atoms with van der Waals surface area (Å²) in [6, 6.07) is 5.24. The fourth-order valence-electron chi connectivity index (χ4n) is 3.44. The van der Waals surface area contributed by atoms with Crippen LogP contribution in [0.3, 0.4) is 0 Å². The van der Waals surface area contributed by atoms with E-state index in [1.54, 1.807) is 17.0 Å². The zero-order chi connectivity index (χ0) is 16.4. The van der Waals surface area contributed by atoms with Crippen LogP contribution < -0.4 is 4.74 Å². The second-order valence-corrected chi connectivity index (χ2v) is 6.34. The second kappa shape index (κ2) is 6.84. The lowest BCUT2D eigenvalue weighted by molar-refractivity contribution is -0.133. The monoisotopic (exact) mass is 322 g/mol. The lowest BCUT2D eigenvalue weighted by atomic mass is 9.94. The highest BCUT2D eigenvalue weighted by molar-refractivity contribution is 5.77. The van der Waals surface area contributed by atoms with Crippen LogP contribution in [-0.2, 0) is 16.1 Å². The molecule has 0 bridgehead atoms. The van der Waals surface area contributed by atoms with E-state index in [0.29, 0.717) is 18.7 Å². The number of halogens is 1. The summed E-state index contributed by atoms with van der Waals surface area (Å²) < 4.78 is 25.1. The SMILES string of the molecule is COc1cccc(CN2CC[C@@H]3OCC(=O)N(C)C[C@H]3C2)c1F. The van der Waals surface area contributed by atoms with Crippen LogP contribution in [0.4, 0.5) is 4.39 Å². The van der Waals surface area contributed by atoms with Crippen LogP contribution in [0.25, 0.3) is 0 Å². The number of methoxy groups -OCH3 is 1. The predicted molar refractivity (Wildman–Crippen MR) is 83.7 cm³/mol. The first-order valence-corrected chi connectivity index (χ1v) is 7.97. The number of piperidine rings is 1. The van der Waals surface area contributed by atoms with E-state index in [-0.39, 0.29) is 36.1 Å². The molecule has 6 heteroatoms. The van der Waals surface area contributed by atoms with Crippen molar-refractivity contribution in [1.29, 1.82) is 0 Å². The van der Waals surface area contributed by atoms with Gasteiger partial charge in [0.15, 0.2) is 11.6 Å². The van der Waals surface area contributed by atoms with Gasteiger partial charge in [0.2, 0.25) is 5.91 Å². The Balaban J connectivity index is 1.68. The standard InChI is InChI=1S/C17H23FN2O3/c1-19-8-13-10-20(7-6-14(13)23-11-16(19)21)9-12-4-3-5-15(22-2)17(12)18/h3-5,13-14H,6-11H2,1-2H3/t13-,14-/m0/s1. The summed E-state index contributed by atoms with van der Waals surface area (Å²) in [7, 11) is 3.29. The van der Waals surface area contributed by atoms with E-state index in [0.717, 1.165) is 19.5 Å². The molecule has 0 aromatic heterocycles. The van der Waals surface area contributed by atoms with Gasteiger partial charge in [0.1, 0.15) is 6.61 Å². The van der Waals surface area contributed by atoms with Gasteiger partial charge >= 0.3 is 0 Å². The molecule has 5 nitrogen and oxygen atoms in total. The van der Waals surface area contributed by atoms with Crippen LogP contribution in [-0.4, -0.2) is 62.2 Å². The number of hydrogen-bond donors (Lipinski definition) is 0. The number of hydrogen-bond acceptors (Lipinski definition) is 4. The average molecular weight is 322 g/mol. The lowest BCUT2D eigenvalue weighted by Gasteiger charge is -2.37. The summed E-state index contributed by atoms with van der Waals surface area (Å²) in [6.45, 7) is 3.06. The molecule has 0 unspecified atom stereocenters. The van der Waals surface area contributed by atoms with Crippen LogP contribution >= 0.6 is 0 Å². The lowest BCUT2D eigenvalue weighted by Crippen LogP contribution is -2.46. The fraction of sp³-hybridized carbons (Fsp3) is 0.588. The number of nitrogens with zero attached hydrogens (tertiary/aromatic N) is 2. The minimum absolute atomic E-state index is 0.0322. The predicted octanol–water partition coefficient (Wildman–Crippen LogP) is 1.51. The van der Waals surface area contributed by atoms with Gasteiger partial charge in [-0.15, -0.1) is 0 Å². The van der Waals surface area contributed by atoms with Gasteiger partial charge in [-0.1, -0.05) is 12.1 Å². The summed E-state index contributed by atoms with van der Waals surface area (Å²) in [5.74, 6) is 0.292. The zero-order valence-electron chi connectivity index (χ0n) is 13.6.